The van der Waals surface area contributed by atoms with Gasteiger partial charge < -0.3 is 0 Å². The van der Waals surface area contributed by atoms with Crippen molar-refractivity contribution in [1.82, 2.24) is 0 Å². The molecule has 5 aliphatic carbocycles. The first kappa shape index (κ1) is 13.5. The molecule has 2 heteroatoms. The summed E-state index contributed by atoms with van der Waals surface area (Å²) in [7, 11) is 0. The molecule has 0 spiro atoms. The van der Waals surface area contributed by atoms with Crippen molar-refractivity contribution in [3.05, 3.63) is 11.1 Å². The second-order valence-electron chi connectivity index (χ2n) is 8.47. The van der Waals surface area contributed by atoms with E-state index in [0.29, 0.717) is 29.3 Å². The maximum atomic E-state index is 13.3. The maximum absolute atomic E-state index is 13.3. The number of ketones is 2. The molecule has 0 aliphatic heterocycles. The molecule has 0 amide bonds. The molecular formula is C20H26O2. The molecule has 2 nitrogen and oxygen atoms in total. The normalized spacial score (nSPS) is 47.1. The third kappa shape index (κ3) is 1.62. The number of allylic oxidation sites excluding steroid dienone is 2. The minimum atomic E-state index is 0.188. The van der Waals surface area contributed by atoms with Crippen molar-refractivity contribution in [1.29, 1.82) is 0 Å². The molecule has 3 fully saturated rings. The van der Waals surface area contributed by atoms with Crippen molar-refractivity contribution in [2.75, 3.05) is 0 Å². The van der Waals surface area contributed by atoms with Crippen molar-refractivity contribution in [3.63, 3.8) is 0 Å². The Morgan fingerprint density at radius 3 is 2.14 bits per heavy atom. The molecule has 0 N–H and O–H groups in total. The summed E-state index contributed by atoms with van der Waals surface area (Å²) >= 11 is 0. The Balaban J connectivity index is 1.53. The number of hydrogen-bond donors (Lipinski definition) is 0. The predicted octanol–water partition coefficient (Wildman–Crippen LogP) is 4.09. The predicted molar refractivity (Wildman–Crippen MR) is 84.2 cm³/mol. The molecule has 22 heavy (non-hydrogen) atoms. The zero-order valence-corrected chi connectivity index (χ0v) is 13.4. The molecule has 0 bridgehead atoms. The van der Waals surface area contributed by atoms with Crippen LogP contribution in [-0.4, -0.2) is 11.6 Å². The molecule has 118 valence electrons. The number of fused-ring (bicyclic) bond motifs is 6. The quantitative estimate of drug-likeness (QED) is 0.675. The van der Waals surface area contributed by atoms with Crippen molar-refractivity contribution < 1.29 is 9.59 Å². The molecule has 0 aromatic rings. The molecule has 5 aliphatic rings. The van der Waals surface area contributed by atoms with Gasteiger partial charge in [-0.05, 0) is 55.8 Å². The third-order valence-corrected chi connectivity index (χ3v) is 7.68. The van der Waals surface area contributed by atoms with Gasteiger partial charge >= 0.3 is 0 Å². The molecule has 3 saturated carbocycles. The van der Waals surface area contributed by atoms with E-state index < -0.39 is 0 Å². The SMILES string of the molecule is O=C1C2=C(C(=O)C3C2CCC2CCCCC23)C2CCCCC12. The van der Waals surface area contributed by atoms with Crippen LogP contribution in [0.5, 0.6) is 0 Å². The van der Waals surface area contributed by atoms with E-state index in [-0.39, 0.29) is 11.8 Å². The Labute approximate surface area is 132 Å². The summed E-state index contributed by atoms with van der Waals surface area (Å²) < 4.78 is 0. The van der Waals surface area contributed by atoms with Crippen LogP contribution in [0, 0.1) is 35.5 Å². The fourth-order valence-corrected chi connectivity index (χ4v) is 6.84. The lowest BCUT2D eigenvalue weighted by atomic mass is 9.60. The van der Waals surface area contributed by atoms with Crippen LogP contribution >= 0.6 is 0 Å². The van der Waals surface area contributed by atoms with Gasteiger partial charge in [-0.25, -0.2) is 0 Å². The van der Waals surface area contributed by atoms with E-state index in [4.69, 9.17) is 0 Å². The summed E-state index contributed by atoms with van der Waals surface area (Å²) in [6.45, 7) is 0. The summed E-state index contributed by atoms with van der Waals surface area (Å²) in [5, 5.41) is 0. The summed E-state index contributed by atoms with van der Waals surface area (Å²) in [6.07, 6.45) is 12.1. The molecule has 0 heterocycles. The second kappa shape index (κ2) is 4.79. The molecule has 6 unspecified atom stereocenters. The van der Waals surface area contributed by atoms with E-state index in [1.807, 2.05) is 0 Å². The van der Waals surface area contributed by atoms with Crippen molar-refractivity contribution in [2.45, 2.75) is 64.2 Å². The van der Waals surface area contributed by atoms with Crippen LogP contribution in [-0.2, 0) is 9.59 Å². The number of carbonyl (C=O) groups excluding carboxylic acids is 2. The Kier molecular flexibility index (Phi) is 2.94. The molecule has 0 aromatic heterocycles. The van der Waals surface area contributed by atoms with Gasteiger partial charge in [0, 0.05) is 23.0 Å². The second-order valence-corrected chi connectivity index (χ2v) is 8.47. The number of rotatable bonds is 0. The van der Waals surface area contributed by atoms with E-state index in [0.717, 1.165) is 36.3 Å². The number of hydrogen-bond acceptors (Lipinski definition) is 2. The summed E-state index contributed by atoms with van der Waals surface area (Å²) in [6, 6.07) is 0. The number of Topliss-reactive ketones (excluding diaryl/α,β-unsaturated/α-hetero) is 2. The van der Waals surface area contributed by atoms with Gasteiger partial charge in [0.15, 0.2) is 11.6 Å². The molecule has 6 atom stereocenters. The largest absolute Gasteiger partial charge is 0.294 e. The Bertz CT molecular complexity index is 572. The van der Waals surface area contributed by atoms with E-state index in [2.05, 4.69) is 0 Å². The van der Waals surface area contributed by atoms with Gasteiger partial charge in [0.25, 0.3) is 0 Å². The average molecular weight is 298 g/mol. The summed E-state index contributed by atoms with van der Waals surface area (Å²) in [5.74, 6) is 3.23. The van der Waals surface area contributed by atoms with E-state index in [1.54, 1.807) is 0 Å². The third-order valence-electron chi connectivity index (χ3n) is 7.68. The van der Waals surface area contributed by atoms with Crippen LogP contribution < -0.4 is 0 Å². The zero-order chi connectivity index (χ0) is 14.8. The summed E-state index contributed by atoms with van der Waals surface area (Å²) in [5.41, 5.74) is 2.10. The average Bonchev–Trinajstić information content (AvgIpc) is 3.03. The van der Waals surface area contributed by atoms with Crippen LogP contribution in [0.25, 0.3) is 0 Å². The highest BCUT2D eigenvalue weighted by atomic mass is 16.1. The maximum Gasteiger partial charge on any atom is 0.163 e. The topological polar surface area (TPSA) is 34.1 Å². The molecular weight excluding hydrogens is 272 g/mol. The first-order chi connectivity index (χ1) is 10.8. The molecule has 0 saturated heterocycles. The highest BCUT2D eigenvalue weighted by molar-refractivity contribution is 6.16. The fourth-order valence-electron chi connectivity index (χ4n) is 6.84. The Hall–Kier alpha value is -0.920. The van der Waals surface area contributed by atoms with Crippen LogP contribution in [0.1, 0.15) is 64.2 Å². The lowest BCUT2D eigenvalue weighted by Gasteiger charge is -2.43. The van der Waals surface area contributed by atoms with Gasteiger partial charge in [-0.1, -0.05) is 32.1 Å². The van der Waals surface area contributed by atoms with Gasteiger partial charge in [-0.3, -0.25) is 9.59 Å². The van der Waals surface area contributed by atoms with Crippen molar-refractivity contribution in [2.24, 2.45) is 35.5 Å². The van der Waals surface area contributed by atoms with Gasteiger partial charge in [-0.2, -0.15) is 0 Å². The van der Waals surface area contributed by atoms with Gasteiger partial charge in [-0.15, -0.1) is 0 Å². The van der Waals surface area contributed by atoms with Gasteiger partial charge in [0.1, 0.15) is 0 Å². The minimum absolute atomic E-state index is 0.188. The standard InChI is InChI=1S/C20H26O2/c21-19-14-8-4-3-7-13(14)17-18(19)15-10-9-11-5-1-2-6-12(11)16(15)20(17)22/h11-16H,1-10H2. The molecule has 5 rings (SSSR count). The van der Waals surface area contributed by atoms with Gasteiger partial charge in [0.2, 0.25) is 0 Å². The summed E-state index contributed by atoms with van der Waals surface area (Å²) in [4.78, 5) is 26.2. The lowest BCUT2D eigenvalue weighted by molar-refractivity contribution is -0.126. The smallest absolute Gasteiger partial charge is 0.163 e. The minimum Gasteiger partial charge on any atom is -0.294 e. The number of carbonyl (C=O) groups is 2. The van der Waals surface area contributed by atoms with Crippen LogP contribution in [0.15, 0.2) is 11.1 Å². The first-order valence-corrected chi connectivity index (χ1v) is 9.60. The fraction of sp³-hybridized carbons (Fsp3) is 0.800. The van der Waals surface area contributed by atoms with E-state index in [9.17, 15) is 9.59 Å². The Morgan fingerprint density at radius 2 is 1.27 bits per heavy atom. The van der Waals surface area contributed by atoms with Crippen LogP contribution in [0.4, 0.5) is 0 Å². The lowest BCUT2D eigenvalue weighted by Crippen LogP contribution is -2.41. The van der Waals surface area contributed by atoms with E-state index >= 15 is 0 Å². The molecule has 0 aromatic carbocycles. The van der Waals surface area contributed by atoms with Crippen molar-refractivity contribution in [3.8, 4) is 0 Å². The first-order valence-electron chi connectivity index (χ1n) is 9.60. The van der Waals surface area contributed by atoms with Gasteiger partial charge in [0.05, 0.1) is 0 Å². The monoisotopic (exact) mass is 298 g/mol. The van der Waals surface area contributed by atoms with Crippen molar-refractivity contribution >= 4 is 11.6 Å². The van der Waals surface area contributed by atoms with Crippen LogP contribution in [0.3, 0.4) is 0 Å². The highest BCUT2D eigenvalue weighted by Crippen LogP contribution is 2.59. The van der Waals surface area contributed by atoms with E-state index in [1.165, 1.54) is 44.9 Å². The van der Waals surface area contributed by atoms with Crippen LogP contribution in [0.2, 0.25) is 0 Å². The Morgan fingerprint density at radius 1 is 0.591 bits per heavy atom. The highest BCUT2D eigenvalue weighted by Gasteiger charge is 2.58. The molecule has 0 radical (unpaired) electrons. The zero-order valence-electron chi connectivity index (χ0n) is 13.4.